The number of fused-ring (bicyclic) bond motifs is 1. The molecule has 0 fully saturated rings. The molecule has 0 spiro atoms. The van der Waals surface area contributed by atoms with Crippen LogP contribution in [0.5, 0.6) is 11.5 Å². The molecule has 0 aliphatic carbocycles. The van der Waals surface area contributed by atoms with Crippen LogP contribution in [0, 0.1) is 5.82 Å². The molecule has 0 heterocycles. The lowest BCUT2D eigenvalue weighted by molar-refractivity contribution is 0.323. The Morgan fingerprint density at radius 2 is 1.54 bits per heavy atom. The van der Waals surface area contributed by atoms with E-state index in [0.717, 1.165) is 0 Å². The van der Waals surface area contributed by atoms with Crippen LogP contribution in [0.2, 0.25) is 0 Å². The summed E-state index contributed by atoms with van der Waals surface area (Å²) in [6.45, 7) is 2.10. The van der Waals surface area contributed by atoms with Gasteiger partial charge in [0.05, 0.1) is 13.7 Å². The molecule has 0 bridgehead atoms. The molecule has 0 radical (unpaired) electrons. The summed E-state index contributed by atoms with van der Waals surface area (Å²) < 4.78 is 53.6. The Bertz CT molecular complexity index is 963. The summed E-state index contributed by atoms with van der Waals surface area (Å²) in [5, 5.41) is 0.749. The van der Waals surface area contributed by atoms with E-state index in [1.807, 2.05) is 0 Å². The van der Waals surface area contributed by atoms with Crippen molar-refractivity contribution in [2.24, 2.45) is 0 Å². The Morgan fingerprint density at radius 3 is 2.19 bits per heavy atom. The van der Waals surface area contributed by atoms with Gasteiger partial charge in [-0.3, -0.25) is 0 Å². The van der Waals surface area contributed by atoms with Crippen LogP contribution in [0.4, 0.5) is 13.2 Å². The van der Waals surface area contributed by atoms with E-state index < -0.39 is 17.5 Å². The zero-order valence-corrected chi connectivity index (χ0v) is 14.4. The molecule has 0 saturated carbocycles. The maximum absolute atomic E-state index is 14.6. The minimum Gasteiger partial charge on any atom is -0.497 e. The lowest BCUT2D eigenvalue weighted by Gasteiger charge is -2.09. The van der Waals surface area contributed by atoms with Crippen LogP contribution in [0.15, 0.2) is 54.6 Å². The minimum absolute atomic E-state index is 0.0365. The molecular weight excluding hydrogens is 341 g/mol. The number of halogens is 3. The number of methoxy groups -OCH3 is 1. The average molecular weight is 358 g/mol. The number of benzene rings is 3. The van der Waals surface area contributed by atoms with E-state index in [0.29, 0.717) is 17.7 Å². The first-order chi connectivity index (χ1) is 12.5. The van der Waals surface area contributed by atoms with Crippen LogP contribution in [-0.2, 0) is 0 Å². The molecule has 0 aliphatic heterocycles. The van der Waals surface area contributed by atoms with E-state index >= 15 is 0 Å². The van der Waals surface area contributed by atoms with Crippen molar-refractivity contribution in [2.75, 3.05) is 13.7 Å². The van der Waals surface area contributed by atoms with E-state index in [4.69, 9.17) is 9.47 Å². The van der Waals surface area contributed by atoms with Crippen LogP contribution in [0.3, 0.4) is 0 Å². The average Bonchev–Trinajstić information content (AvgIpc) is 2.69. The molecule has 3 rings (SSSR count). The maximum Gasteiger partial charge on any atom is 0.172 e. The minimum atomic E-state index is -1.01. The van der Waals surface area contributed by atoms with Crippen LogP contribution in [0.25, 0.3) is 22.4 Å². The first-order valence-corrected chi connectivity index (χ1v) is 8.10. The van der Waals surface area contributed by atoms with Crippen LogP contribution in [0.1, 0.15) is 18.1 Å². The van der Waals surface area contributed by atoms with Crippen molar-refractivity contribution in [1.29, 1.82) is 0 Å². The van der Waals surface area contributed by atoms with E-state index in [1.54, 1.807) is 25.1 Å². The lowest BCUT2D eigenvalue weighted by Crippen LogP contribution is -1.95. The highest BCUT2D eigenvalue weighted by atomic mass is 19.2. The standard InChI is InChI=1S/C21H17F3O2/c1-3-26-18-11-7-14-12-15(6-10-17(14)21(18)24)20(23)19(22)13-4-8-16(25-2)9-5-13/h4-12H,3H2,1-2H3. The summed E-state index contributed by atoms with van der Waals surface area (Å²) in [6.07, 6.45) is 0. The molecular formula is C21H17F3O2. The highest BCUT2D eigenvalue weighted by Crippen LogP contribution is 2.33. The van der Waals surface area contributed by atoms with Crippen LogP contribution >= 0.6 is 0 Å². The van der Waals surface area contributed by atoms with Gasteiger partial charge in [0.25, 0.3) is 0 Å². The van der Waals surface area contributed by atoms with Crippen molar-refractivity contribution in [3.05, 3.63) is 71.5 Å². The largest absolute Gasteiger partial charge is 0.497 e. The summed E-state index contributed by atoms with van der Waals surface area (Å²) in [4.78, 5) is 0. The molecule has 3 aromatic rings. The van der Waals surface area contributed by atoms with Gasteiger partial charge in [-0.1, -0.05) is 18.2 Å². The van der Waals surface area contributed by atoms with Gasteiger partial charge in [-0.25, -0.2) is 13.2 Å². The lowest BCUT2D eigenvalue weighted by atomic mass is 10.0. The molecule has 0 N–H and O–H groups in total. The molecule has 3 aromatic carbocycles. The second kappa shape index (κ2) is 7.52. The molecule has 0 unspecified atom stereocenters. The number of hydrogen-bond acceptors (Lipinski definition) is 2. The Balaban J connectivity index is 2.01. The van der Waals surface area contributed by atoms with Gasteiger partial charge in [0.15, 0.2) is 23.2 Å². The fourth-order valence-electron chi connectivity index (χ4n) is 2.67. The molecule has 0 aromatic heterocycles. The zero-order valence-electron chi connectivity index (χ0n) is 14.4. The van der Waals surface area contributed by atoms with Crippen molar-refractivity contribution >= 4 is 22.4 Å². The van der Waals surface area contributed by atoms with Crippen molar-refractivity contribution < 1.29 is 22.6 Å². The molecule has 0 atom stereocenters. The highest BCUT2D eigenvalue weighted by Gasteiger charge is 2.14. The fraction of sp³-hybridized carbons (Fsp3) is 0.143. The van der Waals surface area contributed by atoms with Gasteiger partial charge < -0.3 is 9.47 Å². The topological polar surface area (TPSA) is 18.5 Å². The Hall–Kier alpha value is -2.95. The molecule has 26 heavy (non-hydrogen) atoms. The van der Waals surface area contributed by atoms with Crippen molar-refractivity contribution in [3.63, 3.8) is 0 Å². The normalized spacial score (nSPS) is 12.0. The monoisotopic (exact) mass is 358 g/mol. The van der Waals surface area contributed by atoms with Crippen molar-refractivity contribution in [3.8, 4) is 11.5 Å². The summed E-state index contributed by atoms with van der Waals surface area (Å²) in [5.74, 6) is -1.83. The predicted octanol–water partition coefficient (Wildman–Crippen LogP) is 6.15. The van der Waals surface area contributed by atoms with Gasteiger partial charge in [0.2, 0.25) is 0 Å². The van der Waals surface area contributed by atoms with Gasteiger partial charge >= 0.3 is 0 Å². The van der Waals surface area contributed by atoms with E-state index in [9.17, 15) is 13.2 Å². The van der Waals surface area contributed by atoms with Crippen molar-refractivity contribution in [2.45, 2.75) is 6.92 Å². The summed E-state index contributed by atoms with van der Waals surface area (Å²) >= 11 is 0. The third kappa shape index (κ3) is 3.38. The molecule has 0 aliphatic rings. The molecule has 2 nitrogen and oxygen atoms in total. The molecule has 0 saturated heterocycles. The van der Waals surface area contributed by atoms with Gasteiger partial charge in [-0.05, 0) is 48.7 Å². The van der Waals surface area contributed by atoms with Crippen LogP contribution < -0.4 is 9.47 Å². The summed E-state index contributed by atoms with van der Waals surface area (Å²) in [6, 6.07) is 13.2. The Morgan fingerprint density at radius 1 is 0.885 bits per heavy atom. The molecule has 134 valence electrons. The SMILES string of the molecule is CCOc1ccc2cc(C(F)=C(F)c3ccc(OC)cc3)ccc2c1F. The first-order valence-electron chi connectivity index (χ1n) is 8.10. The fourth-order valence-corrected chi connectivity index (χ4v) is 2.67. The van der Waals surface area contributed by atoms with Gasteiger partial charge in [-0.2, -0.15) is 0 Å². The maximum atomic E-state index is 14.6. The van der Waals surface area contributed by atoms with E-state index in [1.165, 1.54) is 43.5 Å². The zero-order chi connectivity index (χ0) is 18.7. The van der Waals surface area contributed by atoms with Gasteiger partial charge in [0, 0.05) is 16.5 Å². The molecule has 5 heteroatoms. The number of ether oxygens (including phenoxy) is 2. The second-order valence-corrected chi connectivity index (χ2v) is 5.60. The molecule has 0 amide bonds. The predicted molar refractivity (Wildman–Crippen MR) is 97.1 cm³/mol. The summed E-state index contributed by atoms with van der Waals surface area (Å²) in [5.41, 5.74) is 0.135. The smallest absolute Gasteiger partial charge is 0.172 e. The Labute approximate surface area is 149 Å². The Kier molecular flexibility index (Phi) is 5.16. The third-order valence-electron chi connectivity index (χ3n) is 4.01. The van der Waals surface area contributed by atoms with Gasteiger partial charge in [0.1, 0.15) is 5.75 Å². The highest BCUT2D eigenvalue weighted by molar-refractivity contribution is 5.91. The van der Waals surface area contributed by atoms with Crippen LogP contribution in [-0.4, -0.2) is 13.7 Å². The van der Waals surface area contributed by atoms with Gasteiger partial charge in [-0.15, -0.1) is 0 Å². The van der Waals surface area contributed by atoms with Crippen molar-refractivity contribution in [1.82, 2.24) is 0 Å². The number of rotatable bonds is 5. The first kappa shape index (κ1) is 17.9. The number of hydrogen-bond donors (Lipinski definition) is 0. The second-order valence-electron chi connectivity index (χ2n) is 5.60. The van der Waals surface area contributed by atoms with E-state index in [-0.39, 0.29) is 22.3 Å². The quantitative estimate of drug-likeness (QED) is 0.509. The summed E-state index contributed by atoms with van der Waals surface area (Å²) in [7, 11) is 1.49. The van der Waals surface area contributed by atoms with E-state index in [2.05, 4.69) is 0 Å². The third-order valence-corrected chi connectivity index (χ3v) is 4.01.